The van der Waals surface area contributed by atoms with E-state index in [1.807, 2.05) is 12.1 Å². The molecule has 0 saturated carbocycles. The molecular formula is C10H12BrN3O2S3. The lowest BCUT2D eigenvalue weighted by Crippen LogP contribution is -2.25. The summed E-state index contributed by atoms with van der Waals surface area (Å²) in [5.41, 5.74) is 5.95. The Bertz CT molecular complexity index is 678. The highest BCUT2D eigenvalue weighted by atomic mass is 79.9. The Labute approximate surface area is 128 Å². The van der Waals surface area contributed by atoms with Crippen molar-refractivity contribution < 1.29 is 8.42 Å². The summed E-state index contributed by atoms with van der Waals surface area (Å²) in [7, 11) is -3.51. The van der Waals surface area contributed by atoms with Crippen LogP contribution in [0.4, 0.5) is 5.13 Å². The second kappa shape index (κ2) is 5.88. The number of nitrogen functional groups attached to an aromatic ring is 1. The molecule has 2 aromatic heterocycles. The van der Waals surface area contributed by atoms with Gasteiger partial charge in [0.2, 0.25) is 0 Å². The van der Waals surface area contributed by atoms with E-state index in [1.54, 1.807) is 18.3 Å². The van der Waals surface area contributed by atoms with Crippen molar-refractivity contribution in [2.75, 3.05) is 12.3 Å². The summed E-state index contributed by atoms with van der Waals surface area (Å²) >= 11 is 5.95. The molecule has 104 valence electrons. The van der Waals surface area contributed by atoms with Crippen molar-refractivity contribution in [2.45, 2.75) is 17.6 Å². The maximum atomic E-state index is 12.1. The van der Waals surface area contributed by atoms with Crippen molar-refractivity contribution in [2.24, 2.45) is 0 Å². The van der Waals surface area contributed by atoms with Crippen LogP contribution in [0.3, 0.4) is 0 Å². The van der Waals surface area contributed by atoms with Gasteiger partial charge in [0.1, 0.15) is 0 Å². The largest absolute Gasteiger partial charge is 0.375 e. The van der Waals surface area contributed by atoms with Crippen molar-refractivity contribution in [3.63, 3.8) is 0 Å². The number of aryl methyl sites for hydroxylation is 1. The molecular weight excluding hydrogens is 370 g/mol. The third kappa shape index (κ3) is 3.76. The summed E-state index contributed by atoms with van der Waals surface area (Å²) in [6.07, 6.45) is 0.656. The molecule has 0 radical (unpaired) electrons. The van der Waals surface area contributed by atoms with Crippen LogP contribution >= 0.6 is 38.6 Å². The molecule has 0 aromatic carbocycles. The zero-order chi connectivity index (χ0) is 14.0. The number of hydrogen-bond acceptors (Lipinski definition) is 6. The topological polar surface area (TPSA) is 85.1 Å². The molecule has 2 rings (SSSR count). The minimum atomic E-state index is -3.51. The molecule has 0 unspecified atom stereocenters. The lowest BCUT2D eigenvalue weighted by atomic mass is 10.3. The molecule has 0 bridgehead atoms. The Kier molecular flexibility index (Phi) is 4.62. The number of halogens is 1. The third-order valence-corrected chi connectivity index (χ3v) is 7.05. The van der Waals surface area contributed by atoms with Gasteiger partial charge < -0.3 is 5.73 Å². The number of thiophene rings is 1. The lowest BCUT2D eigenvalue weighted by molar-refractivity contribution is 0.583. The predicted molar refractivity (Wildman–Crippen MR) is 82.2 cm³/mol. The monoisotopic (exact) mass is 381 g/mol. The van der Waals surface area contributed by atoms with E-state index in [2.05, 4.69) is 25.6 Å². The number of thiazole rings is 1. The zero-order valence-electron chi connectivity index (χ0n) is 10.0. The minimum absolute atomic E-state index is 0.192. The summed E-state index contributed by atoms with van der Waals surface area (Å²) in [6, 6.07) is 3.92. The van der Waals surface area contributed by atoms with Crippen LogP contribution in [-0.4, -0.2) is 19.9 Å². The van der Waals surface area contributed by atoms with Gasteiger partial charge in [-0.2, -0.15) is 0 Å². The fraction of sp³-hybridized carbons (Fsp3) is 0.300. The number of nitrogens with zero attached hydrogens (tertiary/aromatic N) is 1. The van der Waals surface area contributed by atoms with Gasteiger partial charge in [-0.05, 0) is 41.4 Å². The fourth-order valence-corrected chi connectivity index (χ4v) is 5.37. The van der Waals surface area contributed by atoms with E-state index in [1.165, 1.54) is 0 Å². The van der Waals surface area contributed by atoms with E-state index in [4.69, 9.17) is 5.73 Å². The van der Waals surface area contributed by atoms with E-state index >= 15 is 0 Å². The number of rotatable bonds is 5. The van der Waals surface area contributed by atoms with Crippen molar-refractivity contribution in [1.29, 1.82) is 0 Å². The van der Waals surface area contributed by atoms with Gasteiger partial charge in [0, 0.05) is 11.4 Å². The Morgan fingerprint density at radius 3 is 2.68 bits per heavy atom. The second-order valence-electron chi connectivity index (χ2n) is 3.78. The van der Waals surface area contributed by atoms with Gasteiger partial charge in [-0.1, -0.05) is 11.3 Å². The molecule has 2 heterocycles. The van der Waals surface area contributed by atoms with E-state index in [0.717, 1.165) is 20.0 Å². The van der Waals surface area contributed by atoms with Crippen LogP contribution in [0.5, 0.6) is 0 Å². The van der Waals surface area contributed by atoms with Crippen molar-refractivity contribution in [3.05, 3.63) is 26.5 Å². The third-order valence-electron chi connectivity index (χ3n) is 2.31. The quantitative estimate of drug-likeness (QED) is 0.832. The van der Waals surface area contributed by atoms with E-state index in [-0.39, 0.29) is 9.34 Å². The van der Waals surface area contributed by atoms with Gasteiger partial charge in [-0.15, -0.1) is 11.3 Å². The van der Waals surface area contributed by atoms with Crippen LogP contribution in [0.15, 0.2) is 20.1 Å². The average molecular weight is 382 g/mol. The van der Waals surface area contributed by atoms with Crippen LogP contribution in [0.1, 0.15) is 10.6 Å². The van der Waals surface area contributed by atoms with Crippen molar-refractivity contribution >= 4 is 53.8 Å². The number of sulfonamides is 1. The SMILES string of the molecule is Cc1nc(N)sc1S(=O)(=O)NCCc1ccc(Br)s1. The van der Waals surface area contributed by atoms with E-state index < -0.39 is 10.0 Å². The highest BCUT2D eigenvalue weighted by Gasteiger charge is 2.20. The summed E-state index contributed by atoms with van der Waals surface area (Å²) in [5.74, 6) is 0. The standard InChI is InChI=1S/C10H12BrN3O2S3/c1-6-9(18-10(12)14-6)19(15,16)13-5-4-7-2-3-8(11)17-7/h2-3,13H,4-5H2,1H3,(H2,12,14). The first-order valence-electron chi connectivity index (χ1n) is 5.35. The van der Waals surface area contributed by atoms with Crippen LogP contribution in [0, 0.1) is 6.92 Å². The van der Waals surface area contributed by atoms with E-state index in [9.17, 15) is 8.42 Å². The lowest BCUT2D eigenvalue weighted by Gasteiger charge is -2.04. The number of nitrogens with two attached hydrogens (primary N) is 1. The molecule has 9 heteroatoms. The Morgan fingerprint density at radius 1 is 1.42 bits per heavy atom. The molecule has 0 aliphatic rings. The molecule has 5 nitrogen and oxygen atoms in total. The number of aromatic nitrogens is 1. The van der Waals surface area contributed by atoms with Gasteiger partial charge in [0.15, 0.2) is 9.34 Å². The highest BCUT2D eigenvalue weighted by molar-refractivity contribution is 9.11. The van der Waals surface area contributed by atoms with Crippen molar-refractivity contribution in [3.8, 4) is 0 Å². The fourth-order valence-electron chi connectivity index (χ4n) is 1.51. The van der Waals surface area contributed by atoms with Gasteiger partial charge in [-0.3, -0.25) is 0 Å². The van der Waals surface area contributed by atoms with Crippen molar-refractivity contribution in [1.82, 2.24) is 9.71 Å². The van der Waals surface area contributed by atoms with Gasteiger partial charge in [0.25, 0.3) is 10.0 Å². The Hall–Kier alpha value is -0.480. The molecule has 3 N–H and O–H groups in total. The summed E-state index contributed by atoms with van der Waals surface area (Å²) < 4.78 is 27.9. The summed E-state index contributed by atoms with van der Waals surface area (Å²) in [4.78, 5) is 5.04. The van der Waals surface area contributed by atoms with Gasteiger partial charge in [-0.25, -0.2) is 18.1 Å². The van der Waals surface area contributed by atoms with Crippen LogP contribution in [0.25, 0.3) is 0 Å². The van der Waals surface area contributed by atoms with Gasteiger partial charge >= 0.3 is 0 Å². The number of anilines is 1. The molecule has 0 spiro atoms. The van der Waals surface area contributed by atoms with Crippen LogP contribution in [0.2, 0.25) is 0 Å². The molecule has 0 fully saturated rings. The predicted octanol–water partition coefficient (Wildman–Crippen LogP) is 2.38. The Morgan fingerprint density at radius 2 is 2.16 bits per heavy atom. The highest BCUT2D eigenvalue weighted by Crippen LogP contribution is 2.25. The summed E-state index contributed by atoms with van der Waals surface area (Å²) in [6.45, 7) is 1.99. The average Bonchev–Trinajstić information content (AvgIpc) is 2.85. The molecule has 0 amide bonds. The first-order valence-corrected chi connectivity index (χ1v) is 9.26. The van der Waals surface area contributed by atoms with Gasteiger partial charge in [0.05, 0.1) is 9.48 Å². The van der Waals surface area contributed by atoms with Crippen LogP contribution < -0.4 is 10.5 Å². The van der Waals surface area contributed by atoms with Crippen LogP contribution in [-0.2, 0) is 16.4 Å². The minimum Gasteiger partial charge on any atom is -0.375 e. The second-order valence-corrected chi connectivity index (χ2v) is 9.32. The molecule has 0 aliphatic carbocycles. The number of nitrogens with one attached hydrogen (secondary N) is 1. The molecule has 0 saturated heterocycles. The maximum absolute atomic E-state index is 12.1. The molecule has 0 atom stereocenters. The molecule has 2 aromatic rings. The maximum Gasteiger partial charge on any atom is 0.252 e. The normalized spacial score (nSPS) is 11.9. The smallest absolute Gasteiger partial charge is 0.252 e. The number of hydrogen-bond donors (Lipinski definition) is 2. The zero-order valence-corrected chi connectivity index (χ0v) is 14.0. The first-order chi connectivity index (χ1) is 8.88. The summed E-state index contributed by atoms with van der Waals surface area (Å²) in [5, 5.41) is 0.264. The molecule has 19 heavy (non-hydrogen) atoms. The van der Waals surface area contributed by atoms with E-state index in [0.29, 0.717) is 18.7 Å². The first kappa shape index (κ1) is 14.9. The Balaban J connectivity index is 2.00. The molecule has 0 aliphatic heterocycles.